The summed E-state index contributed by atoms with van der Waals surface area (Å²) < 4.78 is 0. The predicted octanol–water partition coefficient (Wildman–Crippen LogP) is 4.28. The monoisotopic (exact) mass is 164 g/mol. The molecule has 0 aliphatic carbocycles. The van der Waals surface area contributed by atoms with Crippen LogP contribution in [-0.4, -0.2) is 0 Å². The summed E-state index contributed by atoms with van der Waals surface area (Å²) in [7, 11) is 0. The van der Waals surface area contributed by atoms with Gasteiger partial charge >= 0.3 is 0 Å². The van der Waals surface area contributed by atoms with Crippen LogP contribution in [-0.2, 0) is 0 Å². The summed E-state index contributed by atoms with van der Waals surface area (Å²) >= 11 is 0. The van der Waals surface area contributed by atoms with Crippen molar-refractivity contribution in [2.45, 2.75) is 27.7 Å². The SMILES string of the molecule is C=C/C=C(C)\C(C)=C/C=C.CC. The van der Waals surface area contributed by atoms with Gasteiger partial charge in [0.05, 0.1) is 0 Å². The van der Waals surface area contributed by atoms with Crippen LogP contribution in [0, 0.1) is 0 Å². The third-order valence-corrected chi connectivity index (χ3v) is 1.36. The van der Waals surface area contributed by atoms with Gasteiger partial charge in [0.25, 0.3) is 0 Å². The van der Waals surface area contributed by atoms with Crippen molar-refractivity contribution < 1.29 is 0 Å². The zero-order valence-corrected chi connectivity index (χ0v) is 8.72. The quantitative estimate of drug-likeness (QED) is 0.546. The van der Waals surface area contributed by atoms with Crippen LogP contribution in [0.15, 0.2) is 48.6 Å². The molecule has 0 aliphatic heterocycles. The molecule has 0 bridgehead atoms. The number of hydrogen-bond acceptors (Lipinski definition) is 0. The smallest absolute Gasteiger partial charge is 0.0395 e. The van der Waals surface area contributed by atoms with E-state index < -0.39 is 0 Å². The molecule has 0 heterocycles. The first kappa shape index (κ1) is 13.5. The highest BCUT2D eigenvalue weighted by Crippen LogP contribution is 2.07. The second-order valence-electron chi connectivity index (χ2n) is 2.17. The Hall–Kier alpha value is -1.04. The van der Waals surface area contributed by atoms with E-state index in [1.807, 2.05) is 26.0 Å². The van der Waals surface area contributed by atoms with Crippen molar-refractivity contribution in [1.82, 2.24) is 0 Å². The van der Waals surface area contributed by atoms with E-state index in [9.17, 15) is 0 Å². The minimum absolute atomic E-state index is 1.23. The molecule has 0 atom stereocenters. The maximum absolute atomic E-state index is 3.61. The van der Waals surface area contributed by atoms with Crippen LogP contribution in [0.25, 0.3) is 0 Å². The van der Waals surface area contributed by atoms with Crippen LogP contribution >= 0.6 is 0 Å². The first-order valence-electron chi connectivity index (χ1n) is 4.31. The lowest BCUT2D eigenvalue weighted by atomic mass is 10.1. The van der Waals surface area contributed by atoms with Crippen LogP contribution < -0.4 is 0 Å². The lowest BCUT2D eigenvalue weighted by Gasteiger charge is -1.96. The van der Waals surface area contributed by atoms with Crippen molar-refractivity contribution in [1.29, 1.82) is 0 Å². The predicted molar refractivity (Wildman–Crippen MR) is 59.3 cm³/mol. The third-order valence-electron chi connectivity index (χ3n) is 1.36. The lowest BCUT2D eigenvalue weighted by molar-refractivity contribution is 1.35. The van der Waals surface area contributed by atoms with Gasteiger partial charge in [-0.25, -0.2) is 0 Å². The molecule has 0 fully saturated rings. The summed E-state index contributed by atoms with van der Waals surface area (Å²) in [6.45, 7) is 15.3. The van der Waals surface area contributed by atoms with Crippen molar-refractivity contribution in [2.75, 3.05) is 0 Å². The van der Waals surface area contributed by atoms with E-state index >= 15 is 0 Å². The zero-order valence-electron chi connectivity index (χ0n) is 8.72. The summed E-state index contributed by atoms with van der Waals surface area (Å²) in [5.41, 5.74) is 2.46. The molecule has 0 aromatic rings. The maximum Gasteiger partial charge on any atom is -0.0395 e. The Morgan fingerprint density at radius 1 is 0.833 bits per heavy atom. The standard InChI is InChI=1S/C10H14.C2H6/c1-5-7-9(3)10(4)8-6-2;1-2/h5-8H,1-2H2,3-4H3;1-2H3/b9-7-,10-8-;. The third kappa shape index (κ3) is 7.07. The topological polar surface area (TPSA) is 0 Å². The van der Waals surface area contributed by atoms with Crippen molar-refractivity contribution in [3.05, 3.63) is 48.6 Å². The highest BCUT2D eigenvalue weighted by molar-refractivity contribution is 5.31. The summed E-state index contributed by atoms with van der Waals surface area (Å²) in [5.74, 6) is 0. The average Bonchev–Trinajstić information content (AvgIpc) is 2.09. The maximum atomic E-state index is 3.61. The molecule has 0 rings (SSSR count). The normalized spacial score (nSPS) is 11.3. The largest absolute Gasteiger partial charge is 0.0991 e. The molecule has 0 amide bonds. The van der Waals surface area contributed by atoms with E-state index in [0.717, 1.165) is 0 Å². The molecule has 0 spiro atoms. The van der Waals surface area contributed by atoms with Gasteiger partial charge in [0.15, 0.2) is 0 Å². The Morgan fingerprint density at radius 2 is 1.08 bits per heavy atom. The second-order valence-corrected chi connectivity index (χ2v) is 2.17. The van der Waals surface area contributed by atoms with Gasteiger partial charge in [-0.15, -0.1) is 0 Å². The molecule has 0 radical (unpaired) electrons. The Balaban J connectivity index is 0. The Labute approximate surface area is 77.0 Å². The molecule has 0 heteroatoms. The highest BCUT2D eigenvalue weighted by Gasteiger charge is 1.86. The van der Waals surface area contributed by atoms with Crippen LogP contribution in [0.4, 0.5) is 0 Å². The summed E-state index contributed by atoms with van der Waals surface area (Å²) in [6, 6.07) is 0. The van der Waals surface area contributed by atoms with Crippen molar-refractivity contribution in [3.63, 3.8) is 0 Å². The van der Waals surface area contributed by atoms with Gasteiger partial charge in [-0.3, -0.25) is 0 Å². The van der Waals surface area contributed by atoms with E-state index in [0.29, 0.717) is 0 Å². The van der Waals surface area contributed by atoms with Crippen LogP contribution in [0.2, 0.25) is 0 Å². The molecule has 0 saturated carbocycles. The summed E-state index contributed by atoms with van der Waals surface area (Å²) in [6.07, 6.45) is 7.54. The van der Waals surface area contributed by atoms with E-state index in [1.165, 1.54) is 11.1 Å². The minimum atomic E-state index is 1.23. The van der Waals surface area contributed by atoms with Gasteiger partial charge in [0.2, 0.25) is 0 Å². The highest BCUT2D eigenvalue weighted by atomic mass is 13.9. The van der Waals surface area contributed by atoms with Gasteiger partial charge in [-0.05, 0) is 25.0 Å². The average molecular weight is 164 g/mol. The van der Waals surface area contributed by atoms with E-state index in [-0.39, 0.29) is 0 Å². The molecule has 68 valence electrons. The Kier molecular flexibility index (Phi) is 11.2. The van der Waals surface area contributed by atoms with Crippen LogP contribution in [0.5, 0.6) is 0 Å². The molecule has 0 unspecified atom stereocenters. The Morgan fingerprint density at radius 3 is 1.25 bits per heavy atom. The van der Waals surface area contributed by atoms with Crippen LogP contribution in [0.1, 0.15) is 27.7 Å². The molecule has 12 heavy (non-hydrogen) atoms. The molecule has 0 nitrogen and oxygen atoms in total. The van der Waals surface area contributed by atoms with Crippen molar-refractivity contribution in [2.24, 2.45) is 0 Å². The first-order chi connectivity index (χ1) is 5.72. The summed E-state index contributed by atoms with van der Waals surface area (Å²) in [4.78, 5) is 0. The fourth-order valence-corrected chi connectivity index (χ4v) is 0.616. The Bertz CT molecular complexity index is 158. The molecular formula is C12H20. The van der Waals surface area contributed by atoms with Gasteiger partial charge < -0.3 is 0 Å². The second kappa shape index (κ2) is 9.96. The van der Waals surface area contributed by atoms with Crippen molar-refractivity contribution in [3.8, 4) is 0 Å². The van der Waals surface area contributed by atoms with Gasteiger partial charge in [0, 0.05) is 0 Å². The fourth-order valence-electron chi connectivity index (χ4n) is 0.616. The zero-order chi connectivity index (χ0) is 9.98. The minimum Gasteiger partial charge on any atom is -0.0991 e. The van der Waals surface area contributed by atoms with Gasteiger partial charge in [0.1, 0.15) is 0 Å². The van der Waals surface area contributed by atoms with E-state index in [2.05, 4.69) is 27.0 Å². The molecule has 0 aromatic carbocycles. The first-order valence-corrected chi connectivity index (χ1v) is 4.31. The van der Waals surface area contributed by atoms with Gasteiger partial charge in [-0.2, -0.15) is 0 Å². The van der Waals surface area contributed by atoms with Crippen molar-refractivity contribution >= 4 is 0 Å². The fraction of sp³-hybridized carbons (Fsp3) is 0.333. The molecular weight excluding hydrogens is 144 g/mol. The molecule has 0 aromatic heterocycles. The summed E-state index contributed by atoms with van der Waals surface area (Å²) in [5, 5.41) is 0. The number of rotatable bonds is 3. The molecule has 0 N–H and O–H groups in total. The molecule has 0 saturated heterocycles. The van der Waals surface area contributed by atoms with E-state index in [4.69, 9.17) is 0 Å². The number of allylic oxidation sites excluding steroid dienone is 6. The lowest BCUT2D eigenvalue weighted by Crippen LogP contribution is -1.75. The van der Waals surface area contributed by atoms with Crippen LogP contribution in [0.3, 0.4) is 0 Å². The molecule has 0 aliphatic rings. The number of hydrogen-bond donors (Lipinski definition) is 0. The van der Waals surface area contributed by atoms with Gasteiger partial charge in [-0.1, -0.05) is 51.3 Å². The van der Waals surface area contributed by atoms with E-state index in [1.54, 1.807) is 12.2 Å².